The van der Waals surface area contributed by atoms with Gasteiger partial charge in [-0.25, -0.2) is 0 Å². The predicted molar refractivity (Wildman–Crippen MR) is 68.4 cm³/mol. The van der Waals surface area contributed by atoms with E-state index in [1.807, 2.05) is 31.2 Å². The van der Waals surface area contributed by atoms with Gasteiger partial charge in [0, 0.05) is 25.6 Å². The highest BCUT2D eigenvalue weighted by atomic mass is 16.5. The predicted octanol–water partition coefficient (Wildman–Crippen LogP) is 1.21. The van der Waals surface area contributed by atoms with E-state index in [0.29, 0.717) is 13.1 Å². The molecule has 98 valence electrons. The SMILES string of the molecule is Cc1cccc(OC(C)C(=O)N2CC(CO)C2)c1. The van der Waals surface area contributed by atoms with Gasteiger partial charge in [-0.05, 0) is 31.5 Å². The van der Waals surface area contributed by atoms with Gasteiger partial charge in [0.2, 0.25) is 0 Å². The smallest absolute Gasteiger partial charge is 0.263 e. The molecule has 1 atom stereocenters. The molecule has 1 unspecified atom stereocenters. The largest absolute Gasteiger partial charge is 0.481 e. The minimum atomic E-state index is -0.480. The number of rotatable bonds is 4. The Morgan fingerprint density at radius 3 is 2.89 bits per heavy atom. The van der Waals surface area contributed by atoms with Crippen molar-refractivity contribution in [1.82, 2.24) is 4.90 Å². The number of carbonyl (C=O) groups is 1. The summed E-state index contributed by atoms with van der Waals surface area (Å²) in [7, 11) is 0. The van der Waals surface area contributed by atoms with Crippen molar-refractivity contribution in [3.05, 3.63) is 29.8 Å². The van der Waals surface area contributed by atoms with E-state index in [1.165, 1.54) is 0 Å². The number of aliphatic hydroxyl groups excluding tert-OH is 1. The summed E-state index contributed by atoms with van der Waals surface area (Å²) in [6, 6.07) is 7.66. The average Bonchev–Trinajstić information content (AvgIpc) is 2.27. The van der Waals surface area contributed by atoms with Crippen LogP contribution in [-0.4, -0.2) is 41.7 Å². The van der Waals surface area contributed by atoms with Crippen LogP contribution < -0.4 is 4.74 Å². The molecule has 0 aromatic heterocycles. The molecule has 1 aliphatic heterocycles. The Bertz CT molecular complexity index is 427. The van der Waals surface area contributed by atoms with Crippen LogP contribution in [0.15, 0.2) is 24.3 Å². The van der Waals surface area contributed by atoms with Crippen molar-refractivity contribution < 1.29 is 14.6 Å². The lowest BCUT2D eigenvalue weighted by Gasteiger charge is -2.39. The number of aliphatic hydroxyl groups is 1. The normalized spacial score (nSPS) is 17.2. The molecule has 18 heavy (non-hydrogen) atoms. The molecule has 0 radical (unpaired) electrons. The third-order valence-electron chi connectivity index (χ3n) is 3.18. The number of carbonyl (C=O) groups excluding carboxylic acids is 1. The van der Waals surface area contributed by atoms with Crippen molar-refractivity contribution in [1.29, 1.82) is 0 Å². The van der Waals surface area contributed by atoms with Crippen LogP contribution in [0.2, 0.25) is 0 Å². The van der Waals surface area contributed by atoms with Crippen LogP contribution in [0, 0.1) is 12.8 Å². The van der Waals surface area contributed by atoms with Gasteiger partial charge in [0.05, 0.1) is 0 Å². The van der Waals surface area contributed by atoms with E-state index >= 15 is 0 Å². The van der Waals surface area contributed by atoms with Crippen molar-refractivity contribution in [2.45, 2.75) is 20.0 Å². The molecule has 1 amide bonds. The maximum Gasteiger partial charge on any atom is 0.263 e. The zero-order valence-electron chi connectivity index (χ0n) is 10.8. The zero-order valence-corrected chi connectivity index (χ0v) is 10.8. The first-order valence-corrected chi connectivity index (χ1v) is 6.23. The van der Waals surface area contributed by atoms with E-state index in [1.54, 1.807) is 11.8 Å². The summed E-state index contributed by atoms with van der Waals surface area (Å²) in [5, 5.41) is 8.92. The Morgan fingerprint density at radius 1 is 1.56 bits per heavy atom. The summed E-state index contributed by atoms with van der Waals surface area (Å²) in [5.41, 5.74) is 1.11. The van der Waals surface area contributed by atoms with Gasteiger partial charge in [0.25, 0.3) is 5.91 Å². The zero-order chi connectivity index (χ0) is 13.1. The molecule has 1 aromatic carbocycles. The number of nitrogens with zero attached hydrogens (tertiary/aromatic N) is 1. The molecule has 1 N–H and O–H groups in total. The fraction of sp³-hybridized carbons (Fsp3) is 0.500. The second kappa shape index (κ2) is 5.40. The van der Waals surface area contributed by atoms with E-state index in [2.05, 4.69) is 0 Å². The molecular weight excluding hydrogens is 230 g/mol. The maximum absolute atomic E-state index is 12.0. The minimum Gasteiger partial charge on any atom is -0.481 e. The molecule has 4 nitrogen and oxygen atoms in total. The van der Waals surface area contributed by atoms with Crippen LogP contribution in [0.25, 0.3) is 0 Å². The highest BCUT2D eigenvalue weighted by Crippen LogP contribution is 2.19. The number of hydrogen-bond acceptors (Lipinski definition) is 3. The van der Waals surface area contributed by atoms with E-state index in [9.17, 15) is 4.79 Å². The summed E-state index contributed by atoms with van der Waals surface area (Å²) >= 11 is 0. The second-order valence-corrected chi connectivity index (χ2v) is 4.87. The van der Waals surface area contributed by atoms with Gasteiger partial charge in [0.1, 0.15) is 5.75 Å². The first-order valence-electron chi connectivity index (χ1n) is 6.23. The van der Waals surface area contributed by atoms with E-state index < -0.39 is 6.10 Å². The second-order valence-electron chi connectivity index (χ2n) is 4.87. The Kier molecular flexibility index (Phi) is 3.87. The molecule has 0 spiro atoms. The summed E-state index contributed by atoms with van der Waals surface area (Å²) < 4.78 is 5.63. The fourth-order valence-electron chi connectivity index (χ4n) is 2.07. The van der Waals surface area contributed by atoms with E-state index in [4.69, 9.17) is 9.84 Å². The van der Waals surface area contributed by atoms with Crippen molar-refractivity contribution in [3.8, 4) is 5.75 Å². The number of aryl methyl sites for hydroxylation is 1. The van der Waals surface area contributed by atoms with Gasteiger partial charge in [-0.2, -0.15) is 0 Å². The number of ether oxygens (including phenoxy) is 1. The third kappa shape index (κ3) is 2.82. The third-order valence-corrected chi connectivity index (χ3v) is 3.18. The molecule has 1 heterocycles. The van der Waals surface area contributed by atoms with Gasteiger partial charge in [0.15, 0.2) is 6.10 Å². The molecule has 1 aliphatic rings. The summed E-state index contributed by atoms with van der Waals surface area (Å²) in [6.45, 7) is 5.17. The van der Waals surface area contributed by atoms with Crippen molar-refractivity contribution in [2.24, 2.45) is 5.92 Å². The molecule has 2 rings (SSSR count). The molecule has 0 bridgehead atoms. The number of hydrogen-bond donors (Lipinski definition) is 1. The standard InChI is InChI=1S/C14H19NO3/c1-10-4-3-5-13(6-10)18-11(2)14(17)15-7-12(8-15)9-16/h3-6,11-12,16H,7-9H2,1-2H3. The van der Waals surface area contributed by atoms with Crippen LogP contribution in [-0.2, 0) is 4.79 Å². The lowest BCUT2D eigenvalue weighted by molar-refractivity contribution is -0.145. The summed E-state index contributed by atoms with van der Waals surface area (Å²) in [4.78, 5) is 13.7. The molecule has 0 aliphatic carbocycles. The lowest BCUT2D eigenvalue weighted by atomic mass is 10.0. The van der Waals surface area contributed by atoms with Crippen molar-refractivity contribution >= 4 is 5.91 Å². The van der Waals surface area contributed by atoms with E-state index in [0.717, 1.165) is 11.3 Å². The van der Waals surface area contributed by atoms with Crippen molar-refractivity contribution in [2.75, 3.05) is 19.7 Å². The van der Waals surface area contributed by atoms with Crippen LogP contribution in [0.4, 0.5) is 0 Å². The number of amides is 1. The van der Waals surface area contributed by atoms with Crippen molar-refractivity contribution in [3.63, 3.8) is 0 Å². The average molecular weight is 249 g/mol. The van der Waals surface area contributed by atoms with Crippen LogP contribution in [0.5, 0.6) is 5.75 Å². The molecular formula is C14H19NO3. The molecule has 1 aromatic rings. The highest BCUT2D eigenvalue weighted by molar-refractivity contribution is 5.81. The Balaban J connectivity index is 1.88. The molecule has 4 heteroatoms. The van der Waals surface area contributed by atoms with Crippen LogP contribution in [0.3, 0.4) is 0 Å². The van der Waals surface area contributed by atoms with Gasteiger partial charge < -0.3 is 14.7 Å². The van der Waals surface area contributed by atoms with E-state index in [-0.39, 0.29) is 18.4 Å². The molecule has 1 fully saturated rings. The fourth-order valence-corrected chi connectivity index (χ4v) is 2.07. The van der Waals surface area contributed by atoms with Gasteiger partial charge in [-0.3, -0.25) is 4.79 Å². The highest BCUT2D eigenvalue weighted by Gasteiger charge is 2.33. The Hall–Kier alpha value is -1.55. The monoisotopic (exact) mass is 249 g/mol. The first-order chi connectivity index (χ1) is 8.60. The molecule has 1 saturated heterocycles. The number of likely N-dealkylation sites (tertiary alicyclic amines) is 1. The maximum atomic E-state index is 12.0. The minimum absolute atomic E-state index is 0.0128. The summed E-state index contributed by atoms with van der Waals surface area (Å²) in [6.07, 6.45) is -0.480. The number of benzene rings is 1. The van der Waals surface area contributed by atoms with Gasteiger partial charge in [-0.1, -0.05) is 12.1 Å². The first kappa shape index (κ1) is 12.9. The summed E-state index contributed by atoms with van der Waals surface area (Å²) in [5.74, 6) is 0.941. The van der Waals surface area contributed by atoms with Crippen LogP contribution in [0.1, 0.15) is 12.5 Å². The Labute approximate surface area is 107 Å². The quantitative estimate of drug-likeness (QED) is 0.872. The van der Waals surface area contributed by atoms with Crippen LogP contribution >= 0.6 is 0 Å². The van der Waals surface area contributed by atoms with Gasteiger partial charge >= 0.3 is 0 Å². The Morgan fingerprint density at radius 2 is 2.28 bits per heavy atom. The molecule has 0 saturated carbocycles. The topological polar surface area (TPSA) is 49.8 Å². The lowest BCUT2D eigenvalue weighted by Crippen LogP contribution is -2.54. The van der Waals surface area contributed by atoms with Gasteiger partial charge in [-0.15, -0.1) is 0 Å².